The Morgan fingerprint density at radius 2 is 1.50 bits per heavy atom. The summed E-state index contributed by atoms with van der Waals surface area (Å²) in [4.78, 5) is 26.2. The molecule has 0 spiro atoms. The average Bonchev–Trinajstić information content (AvgIpc) is 3.58. The van der Waals surface area contributed by atoms with Gasteiger partial charge in [-0.15, -0.1) is 0 Å². The predicted octanol–water partition coefficient (Wildman–Crippen LogP) is 5.50. The van der Waals surface area contributed by atoms with Gasteiger partial charge >= 0.3 is 0 Å². The Hall–Kier alpha value is -5.11. The molecule has 3 aromatic heterocycles. The lowest BCUT2D eigenvalue weighted by Crippen LogP contribution is -2.19. The molecular formula is C28H22N6O2. The lowest BCUT2D eigenvalue weighted by molar-refractivity contribution is 0.415. The third-order valence-corrected chi connectivity index (χ3v) is 6.04. The first kappa shape index (κ1) is 21.4. The quantitative estimate of drug-likeness (QED) is 0.296. The summed E-state index contributed by atoms with van der Waals surface area (Å²) in [5.41, 5.74) is 4.98. The summed E-state index contributed by atoms with van der Waals surface area (Å²) < 4.78 is 6.82. The molecule has 3 heterocycles. The monoisotopic (exact) mass is 474 g/mol. The lowest BCUT2D eigenvalue weighted by Gasteiger charge is -2.11. The number of hydrogen-bond donors (Lipinski definition) is 3. The van der Waals surface area contributed by atoms with E-state index in [1.165, 1.54) is 4.52 Å². The highest BCUT2D eigenvalue weighted by atomic mass is 16.5. The number of aromatic amines is 2. The molecule has 0 fully saturated rings. The molecule has 3 aromatic carbocycles. The molecule has 176 valence electrons. The third-order valence-electron chi connectivity index (χ3n) is 6.04. The van der Waals surface area contributed by atoms with Crippen molar-refractivity contribution in [1.29, 1.82) is 0 Å². The molecule has 8 nitrogen and oxygen atoms in total. The number of benzene rings is 3. The molecule has 0 amide bonds. The van der Waals surface area contributed by atoms with Crippen LogP contribution in [0.2, 0.25) is 0 Å². The molecule has 36 heavy (non-hydrogen) atoms. The van der Waals surface area contributed by atoms with Gasteiger partial charge in [0.1, 0.15) is 17.4 Å². The zero-order valence-electron chi connectivity index (χ0n) is 19.4. The lowest BCUT2D eigenvalue weighted by atomic mass is 10.0. The van der Waals surface area contributed by atoms with Gasteiger partial charge in [0.2, 0.25) is 0 Å². The number of anilines is 2. The smallest absolute Gasteiger partial charge is 0.282 e. The maximum Gasteiger partial charge on any atom is 0.282 e. The third kappa shape index (κ3) is 3.70. The number of nitrogens with zero attached hydrogens (tertiary/aromatic N) is 3. The number of ether oxygens (including phenoxy) is 1. The minimum absolute atomic E-state index is 0.230. The zero-order chi connectivity index (χ0) is 24.5. The van der Waals surface area contributed by atoms with Gasteiger partial charge in [-0.1, -0.05) is 72.8 Å². The summed E-state index contributed by atoms with van der Waals surface area (Å²) in [6.45, 7) is 0. The highest BCUT2D eigenvalue weighted by molar-refractivity contribution is 5.92. The largest absolute Gasteiger partial charge is 0.497 e. The standard InChI is InChI=1S/C28H22N6O2/c1-36-21-14-12-19(13-15-21)24-26(31-22-16-29-17-30-22)32-27-23(18-8-4-2-5-9-18)25(33-34(27)28(24)35)20-10-6-3-7-11-20/h2-17,31,33H,1H3,(H,29,30). The van der Waals surface area contributed by atoms with Crippen LogP contribution in [0.25, 0.3) is 39.2 Å². The van der Waals surface area contributed by atoms with Crippen molar-refractivity contribution in [3.05, 3.63) is 108 Å². The number of fused-ring (bicyclic) bond motifs is 1. The normalized spacial score (nSPS) is 11.0. The van der Waals surface area contributed by atoms with Crippen LogP contribution in [0.1, 0.15) is 0 Å². The molecule has 0 bridgehead atoms. The highest BCUT2D eigenvalue weighted by Gasteiger charge is 2.23. The average molecular weight is 475 g/mol. The molecule has 8 heteroatoms. The maximum absolute atomic E-state index is 14.1. The van der Waals surface area contributed by atoms with Crippen LogP contribution in [0.5, 0.6) is 5.75 Å². The number of nitrogens with one attached hydrogen (secondary N) is 3. The van der Waals surface area contributed by atoms with E-state index in [4.69, 9.17) is 9.72 Å². The van der Waals surface area contributed by atoms with Gasteiger partial charge in [-0.25, -0.2) is 9.97 Å². The molecule has 0 radical (unpaired) electrons. The minimum atomic E-state index is -0.230. The Kier molecular flexibility index (Phi) is 5.31. The summed E-state index contributed by atoms with van der Waals surface area (Å²) in [6.07, 6.45) is 3.21. The summed E-state index contributed by atoms with van der Waals surface area (Å²) >= 11 is 0. The minimum Gasteiger partial charge on any atom is -0.497 e. The van der Waals surface area contributed by atoms with E-state index in [1.807, 2.05) is 84.9 Å². The maximum atomic E-state index is 14.1. The van der Waals surface area contributed by atoms with Crippen LogP contribution in [-0.2, 0) is 0 Å². The first-order valence-corrected chi connectivity index (χ1v) is 11.4. The molecule has 0 aliphatic carbocycles. The molecule has 6 rings (SSSR count). The van der Waals surface area contributed by atoms with Gasteiger partial charge in [-0.3, -0.25) is 9.89 Å². The fourth-order valence-electron chi connectivity index (χ4n) is 4.32. The number of hydrogen-bond acceptors (Lipinski definition) is 5. The van der Waals surface area contributed by atoms with Crippen molar-refractivity contribution in [3.63, 3.8) is 0 Å². The van der Waals surface area contributed by atoms with E-state index < -0.39 is 0 Å². The predicted molar refractivity (Wildman–Crippen MR) is 141 cm³/mol. The molecule has 3 N–H and O–H groups in total. The van der Waals surface area contributed by atoms with Crippen molar-refractivity contribution >= 4 is 17.3 Å². The fraction of sp³-hybridized carbons (Fsp3) is 0.0357. The summed E-state index contributed by atoms with van der Waals surface area (Å²) in [5.74, 6) is 1.75. The van der Waals surface area contributed by atoms with Crippen molar-refractivity contribution in [2.75, 3.05) is 12.4 Å². The fourth-order valence-corrected chi connectivity index (χ4v) is 4.32. The van der Waals surface area contributed by atoms with Crippen molar-refractivity contribution in [1.82, 2.24) is 24.6 Å². The Balaban J connectivity index is 1.67. The van der Waals surface area contributed by atoms with Gasteiger partial charge in [0.15, 0.2) is 5.65 Å². The summed E-state index contributed by atoms with van der Waals surface area (Å²) in [6, 6.07) is 27.2. The van der Waals surface area contributed by atoms with Crippen molar-refractivity contribution in [3.8, 4) is 39.3 Å². The first-order valence-electron chi connectivity index (χ1n) is 11.4. The van der Waals surface area contributed by atoms with E-state index in [1.54, 1.807) is 19.6 Å². The van der Waals surface area contributed by atoms with Gasteiger partial charge in [-0.2, -0.15) is 4.52 Å². The van der Waals surface area contributed by atoms with E-state index in [2.05, 4.69) is 20.4 Å². The zero-order valence-corrected chi connectivity index (χ0v) is 19.4. The van der Waals surface area contributed by atoms with Gasteiger partial charge in [0.25, 0.3) is 5.56 Å². The van der Waals surface area contributed by atoms with Gasteiger partial charge in [0.05, 0.1) is 36.5 Å². The van der Waals surface area contributed by atoms with Crippen LogP contribution in [-0.4, -0.2) is 31.7 Å². The molecule has 0 unspecified atom stereocenters. The van der Waals surface area contributed by atoms with Gasteiger partial charge < -0.3 is 15.0 Å². The van der Waals surface area contributed by atoms with Crippen LogP contribution in [0.3, 0.4) is 0 Å². The van der Waals surface area contributed by atoms with Crippen molar-refractivity contribution in [2.24, 2.45) is 0 Å². The number of H-pyrrole nitrogens is 2. The molecule has 0 atom stereocenters. The van der Waals surface area contributed by atoms with Gasteiger partial charge in [0, 0.05) is 5.56 Å². The molecule has 6 aromatic rings. The van der Waals surface area contributed by atoms with Crippen LogP contribution in [0.15, 0.2) is 102 Å². The SMILES string of the molecule is COc1ccc(-c2c(Nc3cnc[nH]3)nc3c(-c4ccccc4)c(-c4ccccc4)[nH]n3c2=O)cc1. The second kappa shape index (κ2) is 8.92. The number of methoxy groups -OCH3 is 1. The van der Waals surface area contributed by atoms with Crippen LogP contribution in [0, 0.1) is 0 Å². The van der Waals surface area contributed by atoms with Crippen LogP contribution >= 0.6 is 0 Å². The molecule has 0 aliphatic rings. The Bertz CT molecular complexity index is 1690. The van der Waals surface area contributed by atoms with Crippen LogP contribution in [0.4, 0.5) is 11.6 Å². The summed E-state index contributed by atoms with van der Waals surface area (Å²) in [7, 11) is 1.61. The van der Waals surface area contributed by atoms with Crippen molar-refractivity contribution < 1.29 is 4.74 Å². The van der Waals surface area contributed by atoms with E-state index in [0.717, 1.165) is 22.4 Å². The molecule has 0 saturated heterocycles. The van der Waals surface area contributed by atoms with Gasteiger partial charge in [-0.05, 0) is 23.3 Å². The Morgan fingerprint density at radius 1 is 0.833 bits per heavy atom. The molecular weight excluding hydrogens is 452 g/mol. The van der Waals surface area contributed by atoms with E-state index >= 15 is 0 Å². The topological polar surface area (TPSA) is 100 Å². The number of imidazole rings is 1. The number of rotatable bonds is 6. The summed E-state index contributed by atoms with van der Waals surface area (Å²) in [5, 5.41) is 6.59. The Morgan fingerprint density at radius 3 is 2.14 bits per heavy atom. The first-order chi connectivity index (χ1) is 17.7. The second-order valence-electron chi connectivity index (χ2n) is 8.21. The molecule has 0 saturated carbocycles. The van der Waals surface area contributed by atoms with Crippen molar-refractivity contribution in [2.45, 2.75) is 0 Å². The second-order valence-corrected chi connectivity index (χ2v) is 8.21. The van der Waals surface area contributed by atoms with Crippen LogP contribution < -0.4 is 15.6 Å². The highest BCUT2D eigenvalue weighted by Crippen LogP contribution is 2.36. The Labute approximate surface area is 206 Å². The molecule has 0 aliphatic heterocycles. The van der Waals surface area contributed by atoms with E-state index in [-0.39, 0.29) is 5.56 Å². The van der Waals surface area contributed by atoms with E-state index in [0.29, 0.717) is 34.2 Å². The van der Waals surface area contributed by atoms with E-state index in [9.17, 15) is 4.79 Å². The number of aromatic nitrogens is 5.